The fraction of sp³-hybridized carbons (Fsp3) is 0.353. The lowest BCUT2D eigenvalue weighted by atomic mass is 9.96. The lowest BCUT2D eigenvalue weighted by Crippen LogP contribution is -2.37. The molecule has 120 valence electrons. The highest BCUT2D eigenvalue weighted by molar-refractivity contribution is 5.75. The summed E-state index contributed by atoms with van der Waals surface area (Å²) in [5.74, 6) is 4.65. The highest BCUT2D eigenvalue weighted by Crippen LogP contribution is 2.32. The number of hydrogen-bond acceptors (Lipinski definition) is 4. The summed E-state index contributed by atoms with van der Waals surface area (Å²) in [5, 5.41) is 4.46. The number of aryl methyl sites for hydroxylation is 4. The van der Waals surface area contributed by atoms with E-state index in [1.807, 2.05) is 5.43 Å². The fourth-order valence-corrected chi connectivity index (χ4v) is 3.01. The van der Waals surface area contributed by atoms with Gasteiger partial charge in [0.25, 0.3) is 11.5 Å². The van der Waals surface area contributed by atoms with E-state index in [0.29, 0.717) is 0 Å². The van der Waals surface area contributed by atoms with E-state index >= 15 is 0 Å². The Morgan fingerprint density at radius 1 is 1.22 bits per heavy atom. The number of nitrogens with two attached hydrogens (primary N) is 1. The van der Waals surface area contributed by atoms with Crippen LogP contribution < -0.4 is 16.8 Å². The van der Waals surface area contributed by atoms with Crippen LogP contribution >= 0.6 is 0 Å². The van der Waals surface area contributed by atoms with Gasteiger partial charge in [-0.2, -0.15) is 5.10 Å². The summed E-state index contributed by atoms with van der Waals surface area (Å²) >= 11 is 0. The van der Waals surface area contributed by atoms with E-state index in [1.54, 1.807) is 6.07 Å². The molecule has 1 aliphatic rings. The summed E-state index contributed by atoms with van der Waals surface area (Å²) in [6, 6.07) is 5.92. The number of hydrazine groups is 1. The van der Waals surface area contributed by atoms with Gasteiger partial charge in [-0.25, -0.2) is 10.5 Å². The molecular formula is C17H20N4O2. The summed E-state index contributed by atoms with van der Waals surface area (Å²) in [6.07, 6.45) is 2.76. The Bertz CT molecular complexity index is 839. The summed E-state index contributed by atoms with van der Waals surface area (Å²) in [4.78, 5) is 23.6. The van der Waals surface area contributed by atoms with Crippen LogP contribution in [0.4, 0.5) is 0 Å². The van der Waals surface area contributed by atoms with Gasteiger partial charge in [-0.05, 0) is 61.4 Å². The van der Waals surface area contributed by atoms with Crippen LogP contribution in [0.3, 0.4) is 0 Å². The first kappa shape index (κ1) is 15.4. The van der Waals surface area contributed by atoms with Gasteiger partial charge >= 0.3 is 0 Å². The number of fused-ring (bicyclic) bond motifs is 3. The molecule has 1 aromatic heterocycles. The van der Waals surface area contributed by atoms with E-state index in [9.17, 15) is 9.59 Å². The number of carbonyl (C=O) groups is 1. The van der Waals surface area contributed by atoms with E-state index in [2.05, 4.69) is 31.1 Å². The second-order valence-electron chi connectivity index (χ2n) is 6.03. The average Bonchev–Trinajstić information content (AvgIpc) is 2.67. The number of benzene rings is 1. The lowest BCUT2D eigenvalue weighted by molar-refractivity contribution is -0.121. The maximum absolute atomic E-state index is 12.2. The van der Waals surface area contributed by atoms with Crippen LogP contribution in [-0.2, 0) is 24.2 Å². The van der Waals surface area contributed by atoms with Crippen LogP contribution in [0.1, 0.15) is 28.7 Å². The van der Waals surface area contributed by atoms with Gasteiger partial charge in [0.05, 0.1) is 5.69 Å². The van der Waals surface area contributed by atoms with Gasteiger partial charge in [-0.1, -0.05) is 6.07 Å². The van der Waals surface area contributed by atoms with Gasteiger partial charge in [0.2, 0.25) is 0 Å². The van der Waals surface area contributed by atoms with Crippen LogP contribution in [0.2, 0.25) is 0 Å². The van der Waals surface area contributed by atoms with Crippen LogP contribution in [0, 0.1) is 13.8 Å². The summed E-state index contributed by atoms with van der Waals surface area (Å²) in [5.41, 5.74) is 8.24. The average molecular weight is 312 g/mol. The molecule has 2 aromatic rings. The lowest BCUT2D eigenvalue weighted by Gasteiger charge is -2.13. The summed E-state index contributed by atoms with van der Waals surface area (Å²) in [7, 11) is 0. The molecule has 0 fully saturated rings. The zero-order valence-corrected chi connectivity index (χ0v) is 13.3. The van der Waals surface area contributed by atoms with Gasteiger partial charge in [0.15, 0.2) is 0 Å². The van der Waals surface area contributed by atoms with Crippen LogP contribution in [0.5, 0.6) is 0 Å². The molecule has 0 bridgehead atoms. The minimum absolute atomic E-state index is 0.178. The standard InChI is InChI=1S/C17H20N4O2/c1-10-6-12-4-3-5-13-8-16(23)21(9-15(22)19-18)20-17(13)14(12)7-11(10)2/h6-8H,3-5,9,18H2,1-2H3,(H,19,22). The number of nitrogens with zero attached hydrogens (tertiary/aromatic N) is 2. The summed E-state index contributed by atoms with van der Waals surface area (Å²) < 4.78 is 1.17. The normalized spacial score (nSPS) is 13.0. The SMILES string of the molecule is Cc1cc2c(cc1C)-c1nn(CC(=O)NN)c(=O)cc1CCC2. The van der Waals surface area contributed by atoms with E-state index < -0.39 is 5.91 Å². The van der Waals surface area contributed by atoms with E-state index in [0.717, 1.165) is 36.1 Å². The molecule has 1 aromatic carbocycles. The van der Waals surface area contributed by atoms with Gasteiger partial charge in [0, 0.05) is 11.6 Å². The maximum atomic E-state index is 12.2. The molecule has 1 aliphatic carbocycles. The molecule has 6 heteroatoms. The second kappa shape index (κ2) is 5.96. The fourth-order valence-electron chi connectivity index (χ4n) is 3.01. The monoisotopic (exact) mass is 312 g/mol. The van der Waals surface area contributed by atoms with Crippen molar-refractivity contribution in [1.29, 1.82) is 0 Å². The quantitative estimate of drug-likeness (QED) is 0.492. The molecule has 23 heavy (non-hydrogen) atoms. The smallest absolute Gasteiger partial charge is 0.267 e. The Kier molecular flexibility index (Phi) is 4.00. The minimum Gasteiger partial charge on any atom is -0.293 e. The first-order valence-corrected chi connectivity index (χ1v) is 7.70. The molecule has 3 rings (SSSR count). The first-order valence-electron chi connectivity index (χ1n) is 7.70. The van der Waals surface area contributed by atoms with Crippen molar-refractivity contribution in [3.8, 4) is 11.3 Å². The van der Waals surface area contributed by atoms with Crippen molar-refractivity contribution in [2.45, 2.75) is 39.7 Å². The van der Waals surface area contributed by atoms with Crippen molar-refractivity contribution in [2.75, 3.05) is 0 Å². The van der Waals surface area contributed by atoms with Crippen molar-refractivity contribution < 1.29 is 4.79 Å². The zero-order chi connectivity index (χ0) is 16.6. The van der Waals surface area contributed by atoms with E-state index in [1.165, 1.54) is 21.4 Å². The molecule has 0 saturated carbocycles. The van der Waals surface area contributed by atoms with Gasteiger partial charge in [-0.15, -0.1) is 0 Å². The molecule has 0 aliphatic heterocycles. The number of rotatable bonds is 2. The predicted octanol–water partition coefficient (Wildman–Crippen LogP) is 1.01. The molecule has 1 heterocycles. The van der Waals surface area contributed by atoms with Gasteiger partial charge in [0.1, 0.15) is 6.54 Å². The molecule has 6 nitrogen and oxygen atoms in total. The highest BCUT2D eigenvalue weighted by Gasteiger charge is 2.19. The van der Waals surface area contributed by atoms with Gasteiger partial charge < -0.3 is 0 Å². The molecule has 1 amide bonds. The van der Waals surface area contributed by atoms with Crippen molar-refractivity contribution in [3.05, 3.63) is 50.8 Å². The molecule has 0 radical (unpaired) electrons. The van der Waals surface area contributed by atoms with E-state index in [-0.39, 0.29) is 12.1 Å². The molecular weight excluding hydrogens is 292 g/mol. The molecule has 0 unspecified atom stereocenters. The van der Waals surface area contributed by atoms with Crippen LogP contribution in [0.15, 0.2) is 23.0 Å². The first-order chi connectivity index (χ1) is 11.0. The Morgan fingerprint density at radius 3 is 2.65 bits per heavy atom. The number of aromatic nitrogens is 2. The van der Waals surface area contributed by atoms with Crippen molar-refractivity contribution >= 4 is 5.91 Å². The topological polar surface area (TPSA) is 90.0 Å². The number of hydrogen-bond donors (Lipinski definition) is 2. The largest absolute Gasteiger partial charge is 0.293 e. The third-order valence-corrected chi connectivity index (χ3v) is 4.40. The number of carbonyl (C=O) groups excluding carboxylic acids is 1. The minimum atomic E-state index is -0.450. The van der Waals surface area contributed by atoms with Crippen molar-refractivity contribution in [3.63, 3.8) is 0 Å². The highest BCUT2D eigenvalue weighted by atomic mass is 16.2. The Morgan fingerprint density at radius 2 is 1.91 bits per heavy atom. The zero-order valence-electron chi connectivity index (χ0n) is 13.3. The van der Waals surface area contributed by atoms with E-state index in [4.69, 9.17) is 5.84 Å². The van der Waals surface area contributed by atoms with Gasteiger partial charge in [-0.3, -0.25) is 15.0 Å². The Hall–Kier alpha value is -2.47. The molecule has 0 spiro atoms. The molecule has 0 atom stereocenters. The number of amides is 1. The summed E-state index contributed by atoms with van der Waals surface area (Å²) in [6.45, 7) is 3.99. The molecule has 0 saturated heterocycles. The van der Waals surface area contributed by atoms with Crippen molar-refractivity contribution in [2.24, 2.45) is 5.84 Å². The van der Waals surface area contributed by atoms with Crippen LogP contribution in [0.25, 0.3) is 11.3 Å². The Balaban J connectivity index is 2.18. The predicted molar refractivity (Wildman–Crippen MR) is 87.8 cm³/mol. The number of nitrogens with one attached hydrogen (secondary N) is 1. The molecule has 3 N–H and O–H groups in total. The maximum Gasteiger partial charge on any atom is 0.267 e. The Labute approximate surface area is 134 Å². The second-order valence-corrected chi connectivity index (χ2v) is 6.03. The third kappa shape index (κ3) is 2.90. The van der Waals surface area contributed by atoms with Crippen molar-refractivity contribution in [1.82, 2.24) is 15.2 Å². The van der Waals surface area contributed by atoms with Crippen LogP contribution in [-0.4, -0.2) is 15.7 Å². The third-order valence-electron chi connectivity index (χ3n) is 4.40.